The number of aromatic nitrogens is 3. The summed E-state index contributed by atoms with van der Waals surface area (Å²) in [5, 5.41) is 1.12. The third-order valence-electron chi connectivity index (χ3n) is 4.68. The van der Waals surface area contributed by atoms with E-state index in [1.165, 1.54) is 0 Å². The second kappa shape index (κ2) is 7.64. The van der Waals surface area contributed by atoms with Crippen LogP contribution in [0, 0.1) is 0 Å². The highest BCUT2D eigenvalue weighted by Crippen LogP contribution is 2.32. The van der Waals surface area contributed by atoms with Gasteiger partial charge in [-0.2, -0.15) is 0 Å². The minimum absolute atomic E-state index is 0.231. The maximum absolute atomic E-state index is 11.4. The van der Waals surface area contributed by atoms with Crippen LogP contribution >= 0.6 is 0 Å². The molecule has 0 aliphatic heterocycles. The standard InChI is InChI=1S/C20H26N4O/c1-3-7-14(11-12-18(21)25)24-19(8-4-2)23-17-13-22-16-10-6-5-9-15(16)20(17)24/h5-6,9-10,13-14H,3-4,7-8,11-12H2,1-2H3,(H2,21,25). The molecule has 5 heteroatoms. The van der Waals surface area contributed by atoms with Crippen LogP contribution in [0.1, 0.15) is 57.8 Å². The van der Waals surface area contributed by atoms with Crippen LogP contribution in [-0.2, 0) is 11.2 Å². The van der Waals surface area contributed by atoms with Gasteiger partial charge in [0, 0.05) is 24.3 Å². The number of carbonyl (C=O) groups is 1. The van der Waals surface area contributed by atoms with E-state index in [0.717, 1.165) is 59.9 Å². The molecule has 25 heavy (non-hydrogen) atoms. The van der Waals surface area contributed by atoms with Crippen molar-refractivity contribution in [3.63, 3.8) is 0 Å². The van der Waals surface area contributed by atoms with Gasteiger partial charge in [0.15, 0.2) is 0 Å². The number of benzene rings is 1. The van der Waals surface area contributed by atoms with Crippen LogP contribution in [0.5, 0.6) is 0 Å². The van der Waals surface area contributed by atoms with Crippen LogP contribution in [0.15, 0.2) is 30.5 Å². The molecule has 0 radical (unpaired) electrons. The predicted molar refractivity (Wildman–Crippen MR) is 101 cm³/mol. The molecule has 0 fully saturated rings. The molecule has 0 saturated carbocycles. The number of primary amides is 1. The molecule has 132 valence electrons. The van der Waals surface area contributed by atoms with E-state index in [9.17, 15) is 4.79 Å². The van der Waals surface area contributed by atoms with E-state index < -0.39 is 0 Å². The second-order valence-corrected chi connectivity index (χ2v) is 6.60. The third kappa shape index (κ3) is 3.50. The minimum Gasteiger partial charge on any atom is -0.370 e. The molecule has 2 N–H and O–H groups in total. The molecule has 0 bridgehead atoms. The number of pyridine rings is 1. The Morgan fingerprint density at radius 3 is 2.68 bits per heavy atom. The van der Waals surface area contributed by atoms with E-state index >= 15 is 0 Å². The number of aryl methyl sites for hydroxylation is 1. The van der Waals surface area contributed by atoms with E-state index in [4.69, 9.17) is 10.7 Å². The lowest BCUT2D eigenvalue weighted by Crippen LogP contribution is -2.17. The van der Waals surface area contributed by atoms with Crippen LogP contribution in [0.2, 0.25) is 0 Å². The Hall–Kier alpha value is -2.43. The zero-order valence-corrected chi connectivity index (χ0v) is 15.0. The van der Waals surface area contributed by atoms with Gasteiger partial charge < -0.3 is 10.3 Å². The van der Waals surface area contributed by atoms with Gasteiger partial charge in [-0.3, -0.25) is 9.78 Å². The van der Waals surface area contributed by atoms with Gasteiger partial charge in [0.05, 0.1) is 17.2 Å². The Balaban J connectivity index is 2.22. The fraction of sp³-hybridized carbons (Fsp3) is 0.450. The van der Waals surface area contributed by atoms with Gasteiger partial charge in [0.25, 0.3) is 0 Å². The Labute approximate surface area is 148 Å². The lowest BCUT2D eigenvalue weighted by atomic mass is 10.0. The summed E-state index contributed by atoms with van der Waals surface area (Å²) in [7, 11) is 0. The molecule has 1 aromatic carbocycles. The van der Waals surface area contributed by atoms with Gasteiger partial charge in [-0.15, -0.1) is 0 Å². The maximum Gasteiger partial charge on any atom is 0.217 e. The Bertz CT molecular complexity index is 884. The van der Waals surface area contributed by atoms with E-state index in [0.29, 0.717) is 6.42 Å². The number of carbonyl (C=O) groups excluding carboxylic acids is 1. The molecule has 1 atom stereocenters. The van der Waals surface area contributed by atoms with Gasteiger partial charge >= 0.3 is 0 Å². The first kappa shape index (κ1) is 17.4. The average Bonchev–Trinajstić information content (AvgIpc) is 2.97. The van der Waals surface area contributed by atoms with Crippen molar-refractivity contribution in [2.75, 3.05) is 0 Å². The van der Waals surface area contributed by atoms with Crippen molar-refractivity contribution in [1.29, 1.82) is 0 Å². The second-order valence-electron chi connectivity index (χ2n) is 6.60. The van der Waals surface area contributed by atoms with Crippen molar-refractivity contribution in [2.24, 2.45) is 5.73 Å². The molecule has 0 saturated heterocycles. The third-order valence-corrected chi connectivity index (χ3v) is 4.68. The van der Waals surface area contributed by atoms with Crippen LogP contribution in [0.25, 0.3) is 21.9 Å². The smallest absolute Gasteiger partial charge is 0.217 e. The largest absolute Gasteiger partial charge is 0.370 e. The molecule has 1 amide bonds. The van der Waals surface area contributed by atoms with E-state index in [-0.39, 0.29) is 11.9 Å². The van der Waals surface area contributed by atoms with Crippen LogP contribution < -0.4 is 5.73 Å². The first-order chi connectivity index (χ1) is 12.2. The summed E-state index contributed by atoms with van der Waals surface area (Å²) < 4.78 is 2.36. The number of nitrogens with two attached hydrogens (primary N) is 1. The first-order valence-corrected chi connectivity index (χ1v) is 9.18. The molecule has 0 aliphatic rings. The molecule has 3 aromatic rings. The van der Waals surface area contributed by atoms with Gasteiger partial charge in [-0.1, -0.05) is 38.5 Å². The molecule has 2 heterocycles. The van der Waals surface area contributed by atoms with Crippen molar-refractivity contribution in [2.45, 2.75) is 58.4 Å². The number of amides is 1. The number of hydrogen-bond donors (Lipinski definition) is 1. The summed E-state index contributed by atoms with van der Waals surface area (Å²) in [5.41, 5.74) is 8.46. The number of para-hydroxylation sites is 1. The first-order valence-electron chi connectivity index (χ1n) is 9.18. The van der Waals surface area contributed by atoms with Crippen molar-refractivity contribution >= 4 is 27.8 Å². The Morgan fingerprint density at radius 1 is 1.16 bits per heavy atom. The van der Waals surface area contributed by atoms with E-state index in [1.807, 2.05) is 24.4 Å². The van der Waals surface area contributed by atoms with Gasteiger partial charge in [-0.05, 0) is 25.3 Å². The highest BCUT2D eigenvalue weighted by atomic mass is 16.1. The predicted octanol–water partition coefficient (Wildman–Crippen LogP) is 4.14. The summed E-state index contributed by atoms with van der Waals surface area (Å²) in [5.74, 6) is 0.840. The average molecular weight is 338 g/mol. The summed E-state index contributed by atoms with van der Waals surface area (Å²) in [4.78, 5) is 20.8. The molecule has 0 spiro atoms. The van der Waals surface area contributed by atoms with Gasteiger partial charge in [0.1, 0.15) is 11.3 Å². The van der Waals surface area contributed by atoms with Crippen molar-refractivity contribution in [3.8, 4) is 0 Å². The molecule has 0 aliphatic carbocycles. The molecular formula is C20H26N4O. The zero-order valence-electron chi connectivity index (χ0n) is 15.0. The fourth-order valence-electron chi connectivity index (χ4n) is 3.61. The van der Waals surface area contributed by atoms with Gasteiger partial charge in [0.2, 0.25) is 5.91 Å². The Morgan fingerprint density at radius 2 is 1.96 bits per heavy atom. The van der Waals surface area contributed by atoms with Crippen molar-refractivity contribution in [1.82, 2.24) is 14.5 Å². The molecule has 5 nitrogen and oxygen atoms in total. The fourth-order valence-corrected chi connectivity index (χ4v) is 3.61. The number of hydrogen-bond acceptors (Lipinski definition) is 3. The number of fused-ring (bicyclic) bond motifs is 3. The maximum atomic E-state index is 11.4. The van der Waals surface area contributed by atoms with E-state index in [2.05, 4.69) is 29.5 Å². The van der Waals surface area contributed by atoms with E-state index in [1.54, 1.807) is 0 Å². The topological polar surface area (TPSA) is 73.8 Å². The van der Waals surface area contributed by atoms with Crippen molar-refractivity contribution < 1.29 is 4.79 Å². The quantitative estimate of drug-likeness (QED) is 0.670. The van der Waals surface area contributed by atoms with Crippen LogP contribution in [0.3, 0.4) is 0 Å². The normalized spacial score (nSPS) is 12.7. The highest BCUT2D eigenvalue weighted by Gasteiger charge is 2.21. The SMILES string of the molecule is CCCc1nc2cnc3ccccc3c2n1C(CCC)CCC(N)=O. The highest BCUT2D eigenvalue weighted by molar-refractivity contribution is 6.02. The van der Waals surface area contributed by atoms with Crippen molar-refractivity contribution in [3.05, 3.63) is 36.3 Å². The van der Waals surface area contributed by atoms with Gasteiger partial charge in [-0.25, -0.2) is 4.98 Å². The number of nitrogens with zero attached hydrogens (tertiary/aromatic N) is 3. The lowest BCUT2D eigenvalue weighted by Gasteiger charge is -2.21. The minimum atomic E-state index is -0.242. The molecule has 1 unspecified atom stereocenters. The lowest BCUT2D eigenvalue weighted by molar-refractivity contribution is -0.118. The van der Waals surface area contributed by atoms with Crippen LogP contribution in [-0.4, -0.2) is 20.4 Å². The summed E-state index contributed by atoms with van der Waals surface area (Å²) in [6.45, 7) is 4.34. The summed E-state index contributed by atoms with van der Waals surface area (Å²) in [6.07, 6.45) is 7.03. The summed E-state index contributed by atoms with van der Waals surface area (Å²) >= 11 is 0. The number of rotatable bonds is 8. The number of imidazole rings is 1. The molecular weight excluding hydrogens is 312 g/mol. The zero-order chi connectivity index (χ0) is 17.8. The summed E-state index contributed by atoms with van der Waals surface area (Å²) in [6, 6.07) is 8.42. The Kier molecular flexibility index (Phi) is 5.31. The van der Waals surface area contributed by atoms with Crippen LogP contribution in [0.4, 0.5) is 0 Å². The molecule has 2 aromatic heterocycles. The molecule has 3 rings (SSSR count). The monoisotopic (exact) mass is 338 g/mol.